The van der Waals surface area contributed by atoms with Crippen LogP contribution >= 0.6 is 0 Å². The molecule has 78 valence electrons. The largest absolute Gasteiger partial charge is 0.393 e. The molecule has 2 rings (SSSR count). The topological polar surface area (TPSA) is 44.0 Å². The maximum absolute atomic E-state index is 9.60. The van der Waals surface area contributed by atoms with Crippen LogP contribution < -0.4 is 0 Å². The fourth-order valence-corrected chi connectivity index (χ4v) is 2.46. The SMILES string of the molecule is CCC1C(O)CC1c1cccc(C#N)c1. The minimum absolute atomic E-state index is 0.147. The predicted octanol–water partition coefficient (Wildman–Crippen LogP) is 2.43. The Labute approximate surface area is 90.2 Å². The van der Waals surface area contributed by atoms with Crippen LogP contribution in [0.1, 0.15) is 36.8 Å². The van der Waals surface area contributed by atoms with Crippen LogP contribution in [0.4, 0.5) is 0 Å². The Morgan fingerprint density at radius 2 is 2.33 bits per heavy atom. The van der Waals surface area contributed by atoms with Gasteiger partial charge in [0.15, 0.2) is 0 Å². The standard InChI is InChI=1S/C13H15NO/c1-2-11-12(7-13(11)15)10-5-3-4-9(6-10)8-14/h3-6,11-13,15H,2,7H2,1H3. The quantitative estimate of drug-likeness (QED) is 0.798. The average Bonchev–Trinajstić information content (AvgIpc) is 2.26. The molecule has 1 N–H and O–H groups in total. The molecule has 0 aliphatic heterocycles. The lowest BCUT2D eigenvalue weighted by atomic mass is 9.66. The van der Waals surface area contributed by atoms with E-state index in [4.69, 9.17) is 5.26 Å². The minimum Gasteiger partial charge on any atom is -0.393 e. The number of aliphatic hydroxyl groups is 1. The van der Waals surface area contributed by atoms with Crippen LogP contribution in [-0.2, 0) is 0 Å². The molecular formula is C13H15NO. The second kappa shape index (κ2) is 4.04. The molecule has 0 heterocycles. The molecule has 0 bridgehead atoms. The number of benzene rings is 1. The summed E-state index contributed by atoms with van der Waals surface area (Å²) in [6.07, 6.45) is 1.70. The smallest absolute Gasteiger partial charge is 0.0991 e. The molecule has 1 aliphatic rings. The molecule has 0 amide bonds. The molecule has 1 fully saturated rings. The van der Waals surface area contributed by atoms with Crippen LogP contribution in [0.5, 0.6) is 0 Å². The van der Waals surface area contributed by atoms with Gasteiger partial charge in [0, 0.05) is 0 Å². The molecule has 1 aromatic carbocycles. The van der Waals surface area contributed by atoms with E-state index in [-0.39, 0.29) is 6.10 Å². The Morgan fingerprint density at radius 1 is 1.53 bits per heavy atom. The van der Waals surface area contributed by atoms with Crippen LogP contribution in [0.3, 0.4) is 0 Å². The van der Waals surface area contributed by atoms with Crippen LogP contribution in [-0.4, -0.2) is 11.2 Å². The van der Waals surface area contributed by atoms with E-state index >= 15 is 0 Å². The van der Waals surface area contributed by atoms with Gasteiger partial charge in [-0.15, -0.1) is 0 Å². The summed E-state index contributed by atoms with van der Waals surface area (Å²) in [4.78, 5) is 0. The number of hydrogen-bond donors (Lipinski definition) is 1. The van der Waals surface area contributed by atoms with Gasteiger partial charge in [0.25, 0.3) is 0 Å². The molecule has 1 saturated carbocycles. The Hall–Kier alpha value is -1.33. The Morgan fingerprint density at radius 3 is 2.93 bits per heavy atom. The second-order valence-electron chi connectivity index (χ2n) is 4.22. The summed E-state index contributed by atoms with van der Waals surface area (Å²) in [7, 11) is 0. The fraction of sp³-hybridized carbons (Fsp3) is 0.462. The van der Waals surface area contributed by atoms with Crippen LogP contribution in [0.2, 0.25) is 0 Å². The molecule has 15 heavy (non-hydrogen) atoms. The second-order valence-corrected chi connectivity index (χ2v) is 4.22. The zero-order valence-corrected chi connectivity index (χ0v) is 8.85. The normalized spacial score (nSPS) is 29.3. The molecule has 3 atom stereocenters. The first-order valence-electron chi connectivity index (χ1n) is 5.44. The number of hydrogen-bond acceptors (Lipinski definition) is 2. The van der Waals surface area contributed by atoms with Crippen molar-refractivity contribution in [3.63, 3.8) is 0 Å². The lowest BCUT2D eigenvalue weighted by Crippen LogP contribution is -2.39. The molecule has 0 aromatic heterocycles. The highest BCUT2D eigenvalue weighted by Crippen LogP contribution is 2.44. The lowest BCUT2D eigenvalue weighted by molar-refractivity contribution is -0.000731. The molecule has 0 radical (unpaired) electrons. The average molecular weight is 201 g/mol. The highest BCUT2D eigenvalue weighted by Gasteiger charge is 2.39. The van der Waals surface area contributed by atoms with Gasteiger partial charge in [-0.25, -0.2) is 0 Å². The molecule has 2 nitrogen and oxygen atoms in total. The first-order valence-corrected chi connectivity index (χ1v) is 5.44. The van der Waals surface area contributed by atoms with Gasteiger partial charge in [-0.3, -0.25) is 0 Å². The first-order chi connectivity index (χ1) is 7.26. The van der Waals surface area contributed by atoms with Crippen molar-refractivity contribution < 1.29 is 5.11 Å². The predicted molar refractivity (Wildman–Crippen MR) is 58.3 cm³/mol. The summed E-state index contributed by atoms with van der Waals surface area (Å²) in [6, 6.07) is 9.89. The Balaban J connectivity index is 2.20. The molecule has 1 aliphatic carbocycles. The first kappa shape index (κ1) is 10.2. The van der Waals surface area contributed by atoms with Crippen LogP contribution in [0, 0.1) is 17.2 Å². The monoisotopic (exact) mass is 201 g/mol. The van der Waals surface area contributed by atoms with Crippen molar-refractivity contribution in [2.24, 2.45) is 5.92 Å². The van der Waals surface area contributed by atoms with Crippen molar-refractivity contribution in [3.05, 3.63) is 35.4 Å². The van der Waals surface area contributed by atoms with Gasteiger partial charge in [0.1, 0.15) is 0 Å². The van der Waals surface area contributed by atoms with Crippen molar-refractivity contribution in [1.82, 2.24) is 0 Å². The molecule has 0 spiro atoms. The maximum Gasteiger partial charge on any atom is 0.0991 e. The van der Waals surface area contributed by atoms with Crippen molar-refractivity contribution >= 4 is 0 Å². The molecule has 1 aromatic rings. The van der Waals surface area contributed by atoms with Gasteiger partial charge in [0.05, 0.1) is 17.7 Å². The number of aliphatic hydroxyl groups excluding tert-OH is 1. The Kier molecular flexibility index (Phi) is 2.75. The third kappa shape index (κ3) is 1.75. The maximum atomic E-state index is 9.60. The molecule has 3 unspecified atom stereocenters. The zero-order chi connectivity index (χ0) is 10.8. The number of nitriles is 1. The third-order valence-electron chi connectivity index (χ3n) is 3.42. The summed E-state index contributed by atoms with van der Waals surface area (Å²) in [6.45, 7) is 2.11. The van der Waals surface area contributed by atoms with Gasteiger partial charge >= 0.3 is 0 Å². The van der Waals surface area contributed by atoms with Crippen molar-refractivity contribution in [2.45, 2.75) is 31.8 Å². The van der Waals surface area contributed by atoms with E-state index in [1.54, 1.807) is 0 Å². The van der Waals surface area contributed by atoms with E-state index in [1.165, 1.54) is 5.56 Å². The fourth-order valence-electron chi connectivity index (χ4n) is 2.46. The number of nitrogens with zero attached hydrogens (tertiary/aromatic N) is 1. The van der Waals surface area contributed by atoms with E-state index in [0.29, 0.717) is 17.4 Å². The molecule has 0 saturated heterocycles. The van der Waals surface area contributed by atoms with Gasteiger partial charge in [-0.1, -0.05) is 25.5 Å². The van der Waals surface area contributed by atoms with E-state index in [2.05, 4.69) is 19.1 Å². The zero-order valence-electron chi connectivity index (χ0n) is 8.85. The van der Waals surface area contributed by atoms with E-state index in [9.17, 15) is 5.11 Å². The van der Waals surface area contributed by atoms with Gasteiger partial charge in [0.2, 0.25) is 0 Å². The summed E-state index contributed by atoms with van der Waals surface area (Å²) >= 11 is 0. The summed E-state index contributed by atoms with van der Waals surface area (Å²) in [5.74, 6) is 0.817. The van der Waals surface area contributed by atoms with E-state index in [0.717, 1.165) is 12.8 Å². The highest BCUT2D eigenvalue weighted by molar-refractivity contribution is 5.35. The summed E-state index contributed by atoms with van der Waals surface area (Å²) < 4.78 is 0. The van der Waals surface area contributed by atoms with E-state index in [1.807, 2.05) is 18.2 Å². The van der Waals surface area contributed by atoms with E-state index < -0.39 is 0 Å². The van der Waals surface area contributed by atoms with Crippen molar-refractivity contribution in [2.75, 3.05) is 0 Å². The van der Waals surface area contributed by atoms with Crippen molar-refractivity contribution in [1.29, 1.82) is 5.26 Å². The molecule has 2 heteroatoms. The lowest BCUT2D eigenvalue weighted by Gasteiger charge is -2.41. The third-order valence-corrected chi connectivity index (χ3v) is 3.42. The summed E-state index contributed by atoms with van der Waals surface area (Å²) in [5, 5.41) is 18.4. The molecular weight excluding hydrogens is 186 g/mol. The summed E-state index contributed by atoms with van der Waals surface area (Å²) in [5.41, 5.74) is 1.91. The van der Waals surface area contributed by atoms with Gasteiger partial charge < -0.3 is 5.11 Å². The Bertz CT molecular complexity index is 394. The minimum atomic E-state index is -0.147. The van der Waals surface area contributed by atoms with Crippen molar-refractivity contribution in [3.8, 4) is 6.07 Å². The van der Waals surface area contributed by atoms with Gasteiger partial charge in [-0.05, 0) is 36.0 Å². The van der Waals surface area contributed by atoms with Crippen LogP contribution in [0.15, 0.2) is 24.3 Å². The van der Waals surface area contributed by atoms with Crippen LogP contribution in [0.25, 0.3) is 0 Å². The highest BCUT2D eigenvalue weighted by atomic mass is 16.3. The number of rotatable bonds is 2. The van der Waals surface area contributed by atoms with Gasteiger partial charge in [-0.2, -0.15) is 5.26 Å².